The number of amides is 1. The molecule has 0 unspecified atom stereocenters. The zero-order chi connectivity index (χ0) is 22.8. The zero-order valence-corrected chi connectivity index (χ0v) is 18.8. The predicted molar refractivity (Wildman–Crippen MR) is 115 cm³/mol. The summed E-state index contributed by atoms with van der Waals surface area (Å²) in [4.78, 5) is 26.6. The van der Waals surface area contributed by atoms with Crippen LogP contribution >= 0.6 is 0 Å². The van der Waals surface area contributed by atoms with Crippen molar-refractivity contribution < 1.29 is 27.5 Å². The van der Waals surface area contributed by atoms with Crippen LogP contribution in [0.4, 0.5) is 5.69 Å². The molecule has 9 heteroatoms. The van der Waals surface area contributed by atoms with Crippen molar-refractivity contribution in [1.82, 2.24) is 4.31 Å². The lowest BCUT2D eigenvalue weighted by Gasteiger charge is -2.24. The van der Waals surface area contributed by atoms with Gasteiger partial charge in [0.25, 0.3) is 0 Å². The van der Waals surface area contributed by atoms with Gasteiger partial charge in [-0.05, 0) is 50.6 Å². The van der Waals surface area contributed by atoms with Crippen molar-refractivity contribution in [3.8, 4) is 5.75 Å². The van der Waals surface area contributed by atoms with Crippen molar-refractivity contribution >= 4 is 27.6 Å². The van der Waals surface area contributed by atoms with Gasteiger partial charge in [-0.3, -0.25) is 14.5 Å². The number of carbonyl (C=O) groups excluding carboxylic acids is 2. The summed E-state index contributed by atoms with van der Waals surface area (Å²) in [5.41, 5.74) is 0.142. The van der Waals surface area contributed by atoms with Crippen LogP contribution in [-0.2, 0) is 30.9 Å². The number of carbonyl (C=O) groups is 2. The minimum atomic E-state index is -3.98. The third-order valence-corrected chi connectivity index (χ3v) is 6.45. The quantitative estimate of drug-likeness (QED) is 0.656. The Labute approximate surface area is 182 Å². The molecule has 0 saturated heterocycles. The lowest BCUT2D eigenvalue weighted by molar-refractivity contribution is -0.153. The van der Waals surface area contributed by atoms with Gasteiger partial charge in [0.2, 0.25) is 15.9 Å². The molecule has 0 bridgehead atoms. The lowest BCUT2D eigenvalue weighted by Crippen LogP contribution is -2.42. The second-order valence-electron chi connectivity index (χ2n) is 8.16. The number of anilines is 1. The van der Waals surface area contributed by atoms with Crippen molar-refractivity contribution in [3.63, 3.8) is 0 Å². The standard InChI is InChI=1S/C22H26N2O6S/c1-22(2,3)30-21(26)15-24-18-7-5-6-8-19(18)31(27,28)23(14-20(24)25)13-16-9-11-17(29-4)12-10-16/h5-12H,13-15H2,1-4H3. The van der Waals surface area contributed by atoms with Crippen LogP contribution in [0.2, 0.25) is 0 Å². The first-order valence-corrected chi connectivity index (χ1v) is 11.2. The molecule has 1 aliphatic heterocycles. The van der Waals surface area contributed by atoms with E-state index < -0.39 is 34.0 Å². The normalized spacial score (nSPS) is 16.4. The molecule has 1 aliphatic rings. The van der Waals surface area contributed by atoms with Gasteiger partial charge in [-0.15, -0.1) is 0 Å². The number of benzene rings is 2. The topological polar surface area (TPSA) is 93.2 Å². The highest BCUT2D eigenvalue weighted by molar-refractivity contribution is 7.89. The number of sulfonamides is 1. The number of methoxy groups -OCH3 is 1. The molecule has 0 fully saturated rings. The molecule has 166 valence electrons. The van der Waals surface area contributed by atoms with Crippen molar-refractivity contribution in [2.24, 2.45) is 0 Å². The van der Waals surface area contributed by atoms with Gasteiger partial charge in [0.15, 0.2) is 0 Å². The molecule has 1 heterocycles. The molecule has 0 spiro atoms. The summed E-state index contributed by atoms with van der Waals surface area (Å²) >= 11 is 0. The number of nitrogens with zero attached hydrogens (tertiary/aromatic N) is 2. The second kappa shape index (κ2) is 8.68. The van der Waals surface area contributed by atoms with E-state index in [1.54, 1.807) is 64.3 Å². The van der Waals surface area contributed by atoms with E-state index in [1.165, 1.54) is 17.0 Å². The van der Waals surface area contributed by atoms with Crippen LogP contribution < -0.4 is 9.64 Å². The lowest BCUT2D eigenvalue weighted by atomic mass is 10.2. The SMILES string of the molecule is COc1ccc(CN2CC(=O)N(CC(=O)OC(C)(C)C)c3ccccc3S2(=O)=O)cc1. The van der Waals surface area contributed by atoms with Crippen molar-refractivity contribution in [2.45, 2.75) is 37.8 Å². The van der Waals surface area contributed by atoms with E-state index in [0.717, 1.165) is 4.31 Å². The molecule has 2 aromatic rings. The maximum absolute atomic E-state index is 13.4. The monoisotopic (exact) mass is 446 g/mol. The van der Waals surface area contributed by atoms with E-state index >= 15 is 0 Å². The van der Waals surface area contributed by atoms with Gasteiger partial charge in [-0.25, -0.2) is 8.42 Å². The molecule has 0 radical (unpaired) electrons. The van der Waals surface area contributed by atoms with Crippen molar-refractivity contribution in [3.05, 3.63) is 54.1 Å². The molecule has 8 nitrogen and oxygen atoms in total. The number of hydrogen-bond donors (Lipinski definition) is 0. The molecule has 0 aromatic heterocycles. The summed E-state index contributed by atoms with van der Waals surface area (Å²) in [6.07, 6.45) is 0. The molecule has 31 heavy (non-hydrogen) atoms. The fraction of sp³-hybridized carbons (Fsp3) is 0.364. The number of fused-ring (bicyclic) bond motifs is 1. The van der Waals surface area contributed by atoms with Gasteiger partial charge >= 0.3 is 5.97 Å². The van der Waals surface area contributed by atoms with Crippen LogP contribution in [0.3, 0.4) is 0 Å². The second-order valence-corrected chi connectivity index (χ2v) is 10.1. The summed E-state index contributed by atoms with van der Waals surface area (Å²) in [7, 11) is -2.44. The van der Waals surface area contributed by atoms with Gasteiger partial charge in [0.05, 0.1) is 19.3 Å². The third-order valence-electron chi connectivity index (χ3n) is 4.61. The van der Waals surface area contributed by atoms with E-state index in [1.807, 2.05) is 0 Å². The van der Waals surface area contributed by atoms with Crippen LogP contribution in [-0.4, -0.2) is 50.4 Å². The van der Waals surface area contributed by atoms with E-state index in [4.69, 9.17) is 9.47 Å². The Balaban J connectivity index is 1.95. The predicted octanol–water partition coefficient (Wildman–Crippen LogP) is 2.57. The van der Waals surface area contributed by atoms with Crippen LogP contribution in [0.5, 0.6) is 5.75 Å². The average Bonchev–Trinajstić information content (AvgIpc) is 2.77. The van der Waals surface area contributed by atoms with Gasteiger partial charge < -0.3 is 9.47 Å². The Hall–Kier alpha value is -2.91. The Morgan fingerprint density at radius 3 is 2.32 bits per heavy atom. The maximum atomic E-state index is 13.4. The molecule has 0 N–H and O–H groups in total. The summed E-state index contributed by atoms with van der Waals surface area (Å²) in [5, 5.41) is 0. The van der Waals surface area contributed by atoms with E-state index in [9.17, 15) is 18.0 Å². The van der Waals surface area contributed by atoms with Gasteiger partial charge in [-0.1, -0.05) is 24.3 Å². The molecule has 1 amide bonds. The molecule has 0 aliphatic carbocycles. The highest BCUT2D eigenvalue weighted by atomic mass is 32.2. The molecule has 0 atom stereocenters. The Bertz CT molecular complexity index is 1070. The van der Waals surface area contributed by atoms with Crippen LogP contribution in [0.1, 0.15) is 26.3 Å². The molecule has 3 rings (SSSR count). The Kier molecular flexibility index (Phi) is 6.38. The van der Waals surface area contributed by atoms with Gasteiger partial charge in [-0.2, -0.15) is 4.31 Å². The first-order chi connectivity index (χ1) is 14.5. The molecular formula is C22H26N2O6S. The number of para-hydroxylation sites is 1. The molecule has 0 saturated carbocycles. The van der Waals surface area contributed by atoms with Crippen molar-refractivity contribution in [2.75, 3.05) is 25.1 Å². The Morgan fingerprint density at radius 2 is 1.71 bits per heavy atom. The molecule has 2 aromatic carbocycles. The third kappa shape index (κ3) is 5.23. The Morgan fingerprint density at radius 1 is 1.06 bits per heavy atom. The van der Waals surface area contributed by atoms with E-state index in [2.05, 4.69) is 0 Å². The number of esters is 1. The van der Waals surface area contributed by atoms with Crippen LogP contribution in [0.25, 0.3) is 0 Å². The minimum absolute atomic E-state index is 0.00663. The number of hydrogen-bond acceptors (Lipinski definition) is 6. The minimum Gasteiger partial charge on any atom is -0.497 e. The summed E-state index contributed by atoms with van der Waals surface area (Å²) in [5.74, 6) is -0.475. The summed E-state index contributed by atoms with van der Waals surface area (Å²) in [6.45, 7) is 4.41. The summed E-state index contributed by atoms with van der Waals surface area (Å²) in [6, 6.07) is 13.1. The fourth-order valence-corrected chi connectivity index (χ4v) is 4.82. The number of ether oxygens (including phenoxy) is 2. The van der Waals surface area contributed by atoms with Gasteiger partial charge in [0.1, 0.15) is 22.8 Å². The van der Waals surface area contributed by atoms with Crippen LogP contribution in [0, 0.1) is 0 Å². The van der Waals surface area contributed by atoms with Crippen LogP contribution in [0.15, 0.2) is 53.4 Å². The van der Waals surface area contributed by atoms with E-state index in [0.29, 0.717) is 11.3 Å². The smallest absolute Gasteiger partial charge is 0.326 e. The summed E-state index contributed by atoms with van der Waals surface area (Å²) < 4.78 is 38.3. The zero-order valence-electron chi connectivity index (χ0n) is 18.0. The molecular weight excluding hydrogens is 420 g/mol. The highest BCUT2D eigenvalue weighted by Gasteiger charge is 2.37. The maximum Gasteiger partial charge on any atom is 0.326 e. The van der Waals surface area contributed by atoms with Gasteiger partial charge in [0, 0.05) is 6.54 Å². The average molecular weight is 447 g/mol. The highest BCUT2D eigenvalue weighted by Crippen LogP contribution is 2.32. The van der Waals surface area contributed by atoms with E-state index in [-0.39, 0.29) is 23.7 Å². The first kappa shape index (κ1) is 22.8. The largest absolute Gasteiger partial charge is 0.497 e. The van der Waals surface area contributed by atoms with Crippen molar-refractivity contribution in [1.29, 1.82) is 0 Å². The first-order valence-electron chi connectivity index (χ1n) is 9.75. The fourth-order valence-electron chi connectivity index (χ4n) is 3.24. The number of rotatable bonds is 5.